The van der Waals surface area contributed by atoms with Crippen LogP contribution in [0.3, 0.4) is 0 Å². The van der Waals surface area contributed by atoms with Crippen LogP contribution in [0.2, 0.25) is 0 Å². The number of benzene rings is 1. The Labute approximate surface area is 81.5 Å². The molecular weight excluding hydrogens is 222 g/mol. The average Bonchev–Trinajstić information content (AvgIpc) is 2.16. The molecule has 0 saturated carbocycles. The highest BCUT2D eigenvalue weighted by atomic mass is 19.3. The zero-order valence-electron chi connectivity index (χ0n) is 7.23. The second kappa shape index (κ2) is 4.55. The van der Waals surface area contributed by atoms with Crippen molar-refractivity contribution in [2.75, 3.05) is 0 Å². The molecule has 0 atom stereocenters. The lowest BCUT2D eigenvalue weighted by Crippen LogP contribution is -1.95. The minimum atomic E-state index is -3.04. The number of halogens is 6. The average molecular weight is 228 g/mol. The van der Waals surface area contributed by atoms with E-state index in [1.54, 1.807) is 0 Å². The van der Waals surface area contributed by atoms with E-state index in [1.165, 1.54) is 0 Å². The lowest BCUT2D eigenvalue weighted by Gasteiger charge is -2.08. The summed E-state index contributed by atoms with van der Waals surface area (Å²) in [5.41, 5.74) is -2.45. The Morgan fingerprint density at radius 3 is 0.867 bits per heavy atom. The lowest BCUT2D eigenvalue weighted by atomic mass is 10.1. The normalized spacial score (nSPS) is 11.8. The lowest BCUT2D eigenvalue weighted by molar-refractivity contribution is 0.137. The van der Waals surface area contributed by atoms with Crippen LogP contribution in [0, 0.1) is 0 Å². The van der Waals surface area contributed by atoms with Gasteiger partial charge in [-0.15, -0.1) is 0 Å². The van der Waals surface area contributed by atoms with Crippen LogP contribution in [0.4, 0.5) is 26.3 Å². The number of rotatable bonds is 3. The fraction of sp³-hybridized carbons (Fsp3) is 0.333. The first kappa shape index (κ1) is 11.9. The summed E-state index contributed by atoms with van der Waals surface area (Å²) in [7, 11) is 0. The monoisotopic (exact) mass is 228 g/mol. The van der Waals surface area contributed by atoms with E-state index in [2.05, 4.69) is 0 Å². The van der Waals surface area contributed by atoms with E-state index in [1.807, 2.05) is 0 Å². The molecule has 0 nitrogen and oxygen atoms in total. The molecule has 0 bridgehead atoms. The fourth-order valence-electron chi connectivity index (χ4n) is 1.08. The number of hydrogen-bond acceptors (Lipinski definition) is 0. The van der Waals surface area contributed by atoms with E-state index in [9.17, 15) is 26.3 Å². The van der Waals surface area contributed by atoms with Gasteiger partial charge in [-0.1, -0.05) is 0 Å². The molecule has 0 unspecified atom stereocenters. The van der Waals surface area contributed by atoms with Gasteiger partial charge in [-0.3, -0.25) is 0 Å². The van der Waals surface area contributed by atoms with Crippen molar-refractivity contribution < 1.29 is 26.3 Å². The van der Waals surface area contributed by atoms with Crippen molar-refractivity contribution in [1.29, 1.82) is 0 Å². The van der Waals surface area contributed by atoms with Gasteiger partial charge in [0.25, 0.3) is 19.3 Å². The third kappa shape index (κ3) is 2.87. The number of alkyl halides is 6. The number of hydrogen-bond donors (Lipinski definition) is 0. The highest BCUT2D eigenvalue weighted by Gasteiger charge is 2.18. The van der Waals surface area contributed by atoms with Crippen LogP contribution in [-0.4, -0.2) is 0 Å². The second-order valence-corrected chi connectivity index (χ2v) is 2.84. The third-order valence-electron chi connectivity index (χ3n) is 1.76. The van der Waals surface area contributed by atoms with Gasteiger partial charge in [0.2, 0.25) is 0 Å². The molecular formula is C9H6F6. The van der Waals surface area contributed by atoms with E-state index < -0.39 is 36.0 Å². The molecule has 1 aromatic rings. The molecule has 1 rings (SSSR count). The summed E-state index contributed by atoms with van der Waals surface area (Å²) in [6, 6.07) is 1.59. The Bertz CT molecular complexity index is 269. The Morgan fingerprint density at radius 1 is 0.533 bits per heavy atom. The SMILES string of the molecule is FC(F)c1cc(C(F)F)cc(C(F)F)c1. The Hall–Kier alpha value is -1.20. The van der Waals surface area contributed by atoms with Crippen molar-refractivity contribution in [3.63, 3.8) is 0 Å². The molecule has 15 heavy (non-hydrogen) atoms. The van der Waals surface area contributed by atoms with Crippen molar-refractivity contribution in [1.82, 2.24) is 0 Å². The predicted molar refractivity (Wildman–Crippen MR) is 41.3 cm³/mol. The first-order chi connectivity index (χ1) is 6.91. The van der Waals surface area contributed by atoms with Gasteiger partial charge in [-0.2, -0.15) is 0 Å². The summed E-state index contributed by atoms with van der Waals surface area (Å²) in [4.78, 5) is 0. The topological polar surface area (TPSA) is 0 Å². The smallest absolute Gasteiger partial charge is 0.205 e. The fourth-order valence-corrected chi connectivity index (χ4v) is 1.08. The molecule has 0 aliphatic heterocycles. The molecule has 0 radical (unpaired) electrons. The second-order valence-electron chi connectivity index (χ2n) is 2.84. The molecule has 6 heteroatoms. The Kier molecular flexibility index (Phi) is 3.60. The first-order valence-electron chi connectivity index (χ1n) is 3.91. The standard InChI is InChI=1S/C9H6F6/c10-7(11)4-1-5(8(12)13)3-6(2-4)9(14)15/h1-3,7-9H. The van der Waals surface area contributed by atoms with Gasteiger partial charge in [0.1, 0.15) is 0 Å². The maximum absolute atomic E-state index is 12.2. The predicted octanol–water partition coefficient (Wildman–Crippen LogP) is 4.50. The van der Waals surface area contributed by atoms with Crippen molar-refractivity contribution in [2.24, 2.45) is 0 Å². The Morgan fingerprint density at radius 2 is 0.733 bits per heavy atom. The minimum absolute atomic E-state index is 0.529. The van der Waals surface area contributed by atoms with Crippen molar-refractivity contribution in [2.45, 2.75) is 19.3 Å². The van der Waals surface area contributed by atoms with Crippen LogP contribution in [0.1, 0.15) is 36.0 Å². The van der Waals surface area contributed by atoms with Gasteiger partial charge < -0.3 is 0 Å². The summed E-state index contributed by atoms with van der Waals surface area (Å²) >= 11 is 0. The van der Waals surface area contributed by atoms with E-state index in [0.29, 0.717) is 18.2 Å². The van der Waals surface area contributed by atoms with Crippen molar-refractivity contribution >= 4 is 0 Å². The summed E-state index contributed by atoms with van der Waals surface area (Å²) in [6.07, 6.45) is -9.12. The molecule has 0 fully saturated rings. The molecule has 0 amide bonds. The van der Waals surface area contributed by atoms with Crippen LogP contribution in [0.15, 0.2) is 18.2 Å². The molecule has 0 aliphatic rings. The van der Waals surface area contributed by atoms with E-state index >= 15 is 0 Å². The summed E-state index contributed by atoms with van der Waals surface area (Å²) in [6.45, 7) is 0. The van der Waals surface area contributed by atoms with Gasteiger partial charge in [-0.25, -0.2) is 26.3 Å². The summed E-state index contributed by atoms with van der Waals surface area (Å²) < 4.78 is 73.0. The van der Waals surface area contributed by atoms with Crippen LogP contribution < -0.4 is 0 Å². The van der Waals surface area contributed by atoms with Crippen LogP contribution in [0.25, 0.3) is 0 Å². The molecule has 84 valence electrons. The highest BCUT2D eigenvalue weighted by Crippen LogP contribution is 2.30. The molecule has 1 aromatic carbocycles. The molecule has 0 heterocycles. The minimum Gasteiger partial charge on any atom is -0.205 e. The molecule has 0 N–H and O–H groups in total. The zero-order valence-corrected chi connectivity index (χ0v) is 7.23. The van der Waals surface area contributed by atoms with Gasteiger partial charge in [0, 0.05) is 16.7 Å². The maximum Gasteiger partial charge on any atom is 0.263 e. The van der Waals surface area contributed by atoms with Crippen LogP contribution in [-0.2, 0) is 0 Å². The molecule has 0 saturated heterocycles. The molecule has 0 aromatic heterocycles. The van der Waals surface area contributed by atoms with Gasteiger partial charge >= 0.3 is 0 Å². The molecule has 0 spiro atoms. The van der Waals surface area contributed by atoms with Crippen molar-refractivity contribution in [3.05, 3.63) is 34.9 Å². The highest BCUT2D eigenvalue weighted by molar-refractivity contribution is 5.32. The quantitative estimate of drug-likeness (QED) is 0.668. The largest absolute Gasteiger partial charge is 0.263 e. The van der Waals surface area contributed by atoms with Crippen LogP contribution >= 0.6 is 0 Å². The van der Waals surface area contributed by atoms with Gasteiger partial charge in [-0.05, 0) is 18.2 Å². The van der Waals surface area contributed by atoms with E-state index in [4.69, 9.17) is 0 Å². The first-order valence-corrected chi connectivity index (χ1v) is 3.91. The van der Waals surface area contributed by atoms with Crippen LogP contribution in [0.5, 0.6) is 0 Å². The zero-order chi connectivity index (χ0) is 11.6. The van der Waals surface area contributed by atoms with Crippen molar-refractivity contribution in [3.8, 4) is 0 Å². The Balaban J connectivity index is 3.20. The van der Waals surface area contributed by atoms with E-state index in [-0.39, 0.29) is 0 Å². The summed E-state index contributed by atoms with van der Waals surface area (Å²) in [5, 5.41) is 0. The van der Waals surface area contributed by atoms with Gasteiger partial charge in [0.05, 0.1) is 0 Å². The van der Waals surface area contributed by atoms with Gasteiger partial charge in [0.15, 0.2) is 0 Å². The summed E-state index contributed by atoms with van der Waals surface area (Å²) in [5.74, 6) is 0. The third-order valence-corrected chi connectivity index (χ3v) is 1.76. The molecule has 0 aliphatic carbocycles. The van der Waals surface area contributed by atoms with E-state index in [0.717, 1.165) is 0 Å². The maximum atomic E-state index is 12.2.